The van der Waals surface area contributed by atoms with Crippen molar-refractivity contribution in [2.75, 3.05) is 0 Å². The Morgan fingerprint density at radius 3 is 2.29 bits per heavy atom. The number of ketones is 1. The highest BCUT2D eigenvalue weighted by atomic mass is 19.1. The topological polar surface area (TPSA) is 126 Å². The molecule has 3 aromatic rings. The Bertz CT molecular complexity index is 1400. The lowest BCUT2D eigenvalue weighted by Gasteiger charge is -2.31. The Balaban J connectivity index is 2.00. The maximum Gasteiger partial charge on any atom is 0.420 e. The van der Waals surface area contributed by atoms with E-state index in [0.717, 1.165) is 0 Å². The largest absolute Gasteiger partial charge is 0.444 e. The van der Waals surface area contributed by atoms with Gasteiger partial charge in [-0.1, -0.05) is 29.4 Å². The highest BCUT2D eigenvalue weighted by molar-refractivity contribution is 5.94. The number of nitrogens with zero attached hydrogens (tertiary/aromatic N) is 3. The summed E-state index contributed by atoms with van der Waals surface area (Å²) in [6, 6.07) is 7.55. The summed E-state index contributed by atoms with van der Waals surface area (Å²) >= 11 is 0. The quantitative estimate of drug-likeness (QED) is 0.220. The van der Waals surface area contributed by atoms with Gasteiger partial charge in [0, 0.05) is 24.2 Å². The summed E-state index contributed by atoms with van der Waals surface area (Å²) in [5.41, 5.74) is -2.32. The molecule has 1 unspecified atom stereocenters. The van der Waals surface area contributed by atoms with Gasteiger partial charge in [0.1, 0.15) is 40.3 Å². The third kappa shape index (κ3) is 8.86. The van der Waals surface area contributed by atoms with Gasteiger partial charge in [-0.15, -0.1) is 0 Å². The maximum atomic E-state index is 14.7. The van der Waals surface area contributed by atoms with Crippen LogP contribution in [0.1, 0.15) is 84.0 Å². The molecule has 11 heteroatoms. The lowest BCUT2D eigenvalue weighted by atomic mass is 9.95. The first-order chi connectivity index (χ1) is 19.1. The van der Waals surface area contributed by atoms with Crippen molar-refractivity contribution in [3.05, 3.63) is 72.3 Å². The summed E-state index contributed by atoms with van der Waals surface area (Å²) < 4.78 is 31.7. The molecular formula is C30H37FN4O6. The number of alkyl carbamates (subject to hydrolysis) is 1. The first kappa shape index (κ1) is 31.3. The lowest BCUT2D eigenvalue weighted by Crippen LogP contribution is -2.47. The molecule has 2 heterocycles. The Kier molecular flexibility index (Phi) is 9.52. The maximum absolute atomic E-state index is 14.7. The minimum absolute atomic E-state index is 0.110. The van der Waals surface area contributed by atoms with Gasteiger partial charge in [-0.25, -0.2) is 23.5 Å². The monoisotopic (exact) mass is 568 g/mol. The van der Waals surface area contributed by atoms with Crippen molar-refractivity contribution in [1.82, 2.24) is 20.0 Å². The van der Waals surface area contributed by atoms with Gasteiger partial charge in [0.2, 0.25) is 0 Å². The zero-order valence-electron chi connectivity index (χ0n) is 24.5. The van der Waals surface area contributed by atoms with Crippen LogP contribution in [-0.4, -0.2) is 43.9 Å². The normalized spacial score (nSPS) is 13.6. The van der Waals surface area contributed by atoms with Crippen molar-refractivity contribution in [2.24, 2.45) is 0 Å². The molecule has 2 aromatic heterocycles. The van der Waals surface area contributed by atoms with Crippen LogP contribution in [-0.2, 0) is 15.0 Å². The number of rotatable bonds is 9. The minimum atomic E-state index is -1.31. The summed E-state index contributed by atoms with van der Waals surface area (Å²) in [5.74, 6) is -0.585. The smallest absolute Gasteiger partial charge is 0.420 e. The fourth-order valence-electron chi connectivity index (χ4n) is 3.88. The first-order valence-electron chi connectivity index (χ1n) is 13.3. The number of nitrogens with one attached hydrogen (secondary N) is 1. The van der Waals surface area contributed by atoms with Crippen molar-refractivity contribution in [1.29, 1.82) is 0 Å². The number of Topliss-reactive ketones (excluding diaryl/α,β-unsaturated/α-hetero) is 1. The second-order valence-corrected chi connectivity index (χ2v) is 11.8. The van der Waals surface area contributed by atoms with Crippen LogP contribution in [0.2, 0.25) is 0 Å². The molecular weight excluding hydrogens is 531 g/mol. The molecule has 10 nitrogen and oxygen atoms in total. The van der Waals surface area contributed by atoms with Crippen LogP contribution < -0.4 is 5.32 Å². The summed E-state index contributed by atoms with van der Waals surface area (Å²) in [6.45, 7) is 12.0. The molecule has 1 N–H and O–H groups in total. The van der Waals surface area contributed by atoms with Gasteiger partial charge in [0.15, 0.2) is 5.78 Å². The van der Waals surface area contributed by atoms with E-state index in [1.54, 1.807) is 78.8 Å². The zero-order valence-corrected chi connectivity index (χ0v) is 24.5. The highest BCUT2D eigenvalue weighted by Crippen LogP contribution is 2.31. The molecule has 0 spiro atoms. The van der Waals surface area contributed by atoms with Gasteiger partial charge in [-0.05, 0) is 73.4 Å². The molecule has 0 aliphatic rings. The van der Waals surface area contributed by atoms with E-state index >= 15 is 0 Å². The molecule has 1 atom stereocenters. The van der Waals surface area contributed by atoms with Gasteiger partial charge in [-0.2, -0.15) is 0 Å². The number of halogens is 1. The number of carbonyl (C=O) groups excluding carboxylic acids is 3. The van der Waals surface area contributed by atoms with E-state index < -0.39 is 34.7 Å². The average molecular weight is 569 g/mol. The molecule has 0 radical (unpaired) electrons. The Hall–Kier alpha value is -4.28. The molecule has 41 heavy (non-hydrogen) atoms. The second-order valence-electron chi connectivity index (χ2n) is 11.8. The molecule has 3 rings (SSSR count). The fraction of sp³-hybridized carbons (Fsp3) is 0.433. The van der Waals surface area contributed by atoms with Crippen molar-refractivity contribution in [3.63, 3.8) is 0 Å². The molecule has 1 amide bonds. The van der Waals surface area contributed by atoms with Gasteiger partial charge >= 0.3 is 12.2 Å². The molecule has 0 aliphatic carbocycles. The number of aromatic nitrogens is 3. The predicted molar refractivity (Wildman–Crippen MR) is 150 cm³/mol. The van der Waals surface area contributed by atoms with Crippen molar-refractivity contribution in [3.8, 4) is 11.3 Å². The molecule has 0 fully saturated rings. The third-order valence-corrected chi connectivity index (χ3v) is 5.67. The Morgan fingerprint density at radius 2 is 1.68 bits per heavy atom. The summed E-state index contributed by atoms with van der Waals surface area (Å²) in [6.07, 6.45) is 5.54. The third-order valence-electron chi connectivity index (χ3n) is 5.67. The van der Waals surface area contributed by atoms with E-state index in [4.69, 9.17) is 14.0 Å². The van der Waals surface area contributed by atoms with Crippen LogP contribution in [0.5, 0.6) is 0 Å². The fourth-order valence-corrected chi connectivity index (χ4v) is 3.88. The molecule has 0 saturated carbocycles. The number of hydrogen-bond donors (Lipinski definition) is 1. The standard InChI is InChI=1S/C30H37FN4O6/c1-28(2,3)40-26(37)33-30(7,17-12-8-9-15-24(36)22-16-18-39-34-22)25-32-23(20-13-10-11-14-21(20)31)19-35(25)27(38)41-29(4,5)6/h8,10-14,16,18-19H,9,15,17H2,1-7H3,(H,33,37). The van der Waals surface area contributed by atoms with E-state index in [2.05, 4.69) is 15.5 Å². The van der Waals surface area contributed by atoms with Crippen molar-refractivity contribution >= 4 is 18.0 Å². The van der Waals surface area contributed by atoms with E-state index in [0.29, 0.717) is 6.42 Å². The number of allylic oxidation sites excluding steroid dienone is 1. The average Bonchev–Trinajstić information content (AvgIpc) is 3.53. The molecule has 0 saturated heterocycles. The second kappa shape index (κ2) is 12.5. The summed E-state index contributed by atoms with van der Waals surface area (Å²) in [4.78, 5) is 43.2. The van der Waals surface area contributed by atoms with Crippen LogP contribution in [0.15, 0.2) is 59.5 Å². The van der Waals surface area contributed by atoms with Crippen molar-refractivity contribution in [2.45, 2.75) is 84.5 Å². The van der Waals surface area contributed by atoms with E-state index in [1.807, 2.05) is 0 Å². The van der Waals surface area contributed by atoms with E-state index in [9.17, 15) is 18.8 Å². The first-order valence-corrected chi connectivity index (χ1v) is 13.3. The van der Waals surface area contributed by atoms with Gasteiger partial charge < -0.3 is 19.3 Å². The van der Waals surface area contributed by atoms with Crippen LogP contribution in [0, 0.1) is 5.82 Å². The molecule has 0 bridgehead atoms. The number of benzene rings is 1. The molecule has 1 aromatic carbocycles. The minimum Gasteiger partial charge on any atom is -0.444 e. The van der Waals surface area contributed by atoms with Gasteiger partial charge in [0.25, 0.3) is 0 Å². The molecule has 0 aliphatic heterocycles. The Morgan fingerprint density at radius 1 is 1.00 bits per heavy atom. The Labute approximate surface area is 238 Å². The van der Waals surface area contributed by atoms with Crippen molar-refractivity contribution < 1.29 is 32.8 Å². The highest BCUT2D eigenvalue weighted by Gasteiger charge is 2.37. The van der Waals surface area contributed by atoms with Gasteiger partial charge in [-0.3, -0.25) is 4.79 Å². The van der Waals surface area contributed by atoms with Crippen LogP contribution in [0.4, 0.5) is 14.0 Å². The van der Waals surface area contributed by atoms with E-state index in [-0.39, 0.29) is 41.4 Å². The number of carbonyl (C=O) groups is 3. The number of imidazole rings is 1. The van der Waals surface area contributed by atoms with Crippen LogP contribution in [0.3, 0.4) is 0 Å². The SMILES string of the molecule is CC(C)(C)OC(=O)NC(C)(CC=CCCC(=O)c1ccon1)c1nc(-c2ccccc2F)cn1C(=O)OC(C)(C)C. The van der Waals surface area contributed by atoms with Gasteiger partial charge in [0.05, 0.1) is 5.69 Å². The van der Waals surface area contributed by atoms with Crippen LogP contribution in [0.25, 0.3) is 11.3 Å². The predicted octanol–water partition coefficient (Wildman–Crippen LogP) is 6.81. The lowest BCUT2D eigenvalue weighted by molar-refractivity contribution is 0.0427. The van der Waals surface area contributed by atoms with Crippen LogP contribution >= 0.6 is 0 Å². The zero-order chi connectivity index (χ0) is 30.4. The number of hydrogen-bond acceptors (Lipinski definition) is 8. The molecule has 220 valence electrons. The number of ether oxygens (including phenoxy) is 2. The van der Waals surface area contributed by atoms with E-state index in [1.165, 1.54) is 29.2 Å². The summed E-state index contributed by atoms with van der Waals surface area (Å²) in [5, 5.41) is 6.49. The summed E-state index contributed by atoms with van der Waals surface area (Å²) in [7, 11) is 0. The number of amides is 1.